The molecule has 0 aliphatic rings. The van der Waals surface area contributed by atoms with Crippen molar-refractivity contribution in [2.75, 3.05) is 38.7 Å². The first kappa shape index (κ1) is 31.6. The van der Waals surface area contributed by atoms with Gasteiger partial charge >= 0.3 is 12.1 Å². The molecule has 0 aliphatic heterocycles. The van der Waals surface area contributed by atoms with E-state index in [4.69, 9.17) is 15.2 Å². The second kappa shape index (κ2) is 18.0. The van der Waals surface area contributed by atoms with E-state index in [1.54, 1.807) is 31.3 Å². The Morgan fingerprint density at radius 2 is 1.65 bits per heavy atom. The Hall–Kier alpha value is -3.38. The van der Waals surface area contributed by atoms with Crippen LogP contribution in [0.5, 0.6) is 0 Å². The maximum Gasteiger partial charge on any atom is 0.407 e. The Kier molecular flexibility index (Phi) is 15.4. The molecule has 37 heavy (non-hydrogen) atoms. The quantitative estimate of drug-likeness (QED) is 0.168. The van der Waals surface area contributed by atoms with Gasteiger partial charge in [-0.25, -0.2) is 9.59 Å². The van der Waals surface area contributed by atoms with Gasteiger partial charge in [0.1, 0.15) is 12.6 Å². The van der Waals surface area contributed by atoms with Crippen LogP contribution in [-0.2, 0) is 25.7 Å². The molecule has 7 N–H and O–H groups in total. The summed E-state index contributed by atoms with van der Waals surface area (Å²) in [5, 5.41) is 13.7. The first-order chi connectivity index (χ1) is 17.7. The fourth-order valence-electron chi connectivity index (χ4n) is 3.44. The van der Waals surface area contributed by atoms with Gasteiger partial charge in [0.2, 0.25) is 11.8 Å². The molecule has 0 saturated carbocycles. The lowest BCUT2D eigenvalue weighted by Crippen LogP contribution is -2.52. The van der Waals surface area contributed by atoms with Crippen molar-refractivity contribution in [3.8, 4) is 0 Å². The predicted molar refractivity (Wildman–Crippen MR) is 141 cm³/mol. The summed E-state index contributed by atoms with van der Waals surface area (Å²) in [5.41, 5.74) is 6.36. The molecule has 1 rings (SSSR count). The van der Waals surface area contributed by atoms with Crippen molar-refractivity contribution in [2.45, 2.75) is 58.7 Å². The summed E-state index contributed by atoms with van der Waals surface area (Å²) in [6, 6.07) is 4.93. The number of rotatable bonds is 17. The van der Waals surface area contributed by atoms with E-state index in [0.29, 0.717) is 44.7 Å². The lowest BCUT2D eigenvalue weighted by Gasteiger charge is -2.24. The lowest BCUT2D eigenvalue weighted by molar-refractivity contribution is -0.128. The maximum absolute atomic E-state index is 13.0. The van der Waals surface area contributed by atoms with Crippen LogP contribution in [0.1, 0.15) is 45.6 Å². The predicted octanol–water partition coefficient (Wildman–Crippen LogP) is 1.46. The van der Waals surface area contributed by atoms with E-state index >= 15 is 0 Å². The molecule has 1 aromatic carbocycles. The number of hydrogen-bond donors (Lipinski definition) is 6. The number of primary amides is 1. The standard InChI is InChI=1S/C25H42N6O6/c1-5-36-15-7-14-29-25(35)37-16-18-9-11-19(12-10-18)30-22(32)20(8-6-13-28-24(26)34)31-23(33)21(27-4)17(2)3/h9-12,17,20-21,27H,5-8,13-16H2,1-4H3,(H,29,35)(H,30,32)(H,31,33)(H3,26,28,34)/t20-,21-/m0/s1. The number of alkyl carbamates (subject to hydrolysis) is 1. The van der Waals surface area contributed by atoms with Gasteiger partial charge < -0.3 is 41.8 Å². The zero-order valence-corrected chi connectivity index (χ0v) is 22.2. The molecule has 0 aromatic heterocycles. The summed E-state index contributed by atoms with van der Waals surface area (Å²) in [6.45, 7) is 7.77. The third-order valence-corrected chi connectivity index (χ3v) is 5.39. The van der Waals surface area contributed by atoms with Crippen molar-refractivity contribution in [2.24, 2.45) is 11.7 Å². The molecule has 0 bridgehead atoms. The zero-order chi connectivity index (χ0) is 27.6. The van der Waals surface area contributed by atoms with Crippen LogP contribution >= 0.6 is 0 Å². The van der Waals surface area contributed by atoms with Crippen molar-refractivity contribution in [3.63, 3.8) is 0 Å². The first-order valence-corrected chi connectivity index (χ1v) is 12.6. The number of nitrogens with one attached hydrogen (secondary N) is 5. The zero-order valence-electron chi connectivity index (χ0n) is 22.2. The average Bonchev–Trinajstić information content (AvgIpc) is 2.85. The minimum Gasteiger partial charge on any atom is -0.445 e. The van der Waals surface area contributed by atoms with E-state index in [1.807, 2.05) is 20.8 Å². The Labute approximate surface area is 218 Å². The van der Waals surface area contributed by atoms with Gasteiger partial charge in [-0.1, -0.05) is 26.0 Å². The summed E-state index contributed by atoms with van der Waals surface area (Å²) in [6.07, 6.45) is 0.933. The lowest BCUT2D eigenvalue weighted by atomic mass is 10.0. The molecule has 0 unspecified atom stereocenters. The van der Waals surface area contributed by atoms with Crippen molar-refractivity contribution in [1.82, 2.24) is 21.3 Å². The van der Waals surface area contributed by atoms with E-state index < -0.39 is 24.2 Å². The largest absolute Gasteiger partial charge is 0.445 e. The number of anilines is 1. The van der Waals surface area contributed by atoms with E-state index in [-0.39, 0.29) is 30.9 Å². The van der Waals surface area contributed by atoms with Crippen LogP contribution in [0.2, 0.25) is 0 Å². The van der Waals surface area contributed by atoms with Gasteiger partial charge in [0.15, 0.2) is 0 Å². The molecule has 0 heterocycles. The van der Waals surface area contributed by atoms with Crippen LogP contribution in [0.4, 0.5) is 15.3 Å². The van der Waals surface area contributed by atoms with Crippen LogP contribution < -0.4 is 32.3 Å². The van der Waals surface area contributed by atoms with Gasteiger partial charge in [0.25, 0.3) is 0 Å². The molecule has 2 atom stereocenters. The number of amides is 5. The molecule has 0 fully saturated rings. The summed E-state index contributed by atoms with van der Waals surface area (Å²) in [4.78, 5) is 48.4. The van der Waals surface area contributed by atoms with Crippen molar-refractivity contribution < 1.29 is 28.7 Å². The highest BCUT2D eigenvalue weighted by atomic mass is 16.5. The molecular formula is C25H42N6O6. The average molecular weight is 523 g/mol. The smallest absolute Gasteiger partial charge is 0.407 e. The van der Waals surface area contributed by atoms with Crippen LogP contribution in [0.3, 0.4) is 0 Å². The van der Waals surface area contributed by atoms with Gasteiger partial charge in [-0.2, -0.15) is 0 Å². The number of urea groups is 1. The van der Waals surface area contributed by atoms with Crippen LogP contribution in [0.15, 0.2) is 24.3 Å². The Morgan fingerprint density at radius 3 is 2.24 bits per heavy atom. The van der Waals surface area contributed by atoms with E-state index in [2.05, 4.69) is 26.6 Å². The molecular weight excluding hydrogens is 480 g/mol. The minimum absolute atomic E-state index is 0.0251. The van der Waals surface area contributed by atoms with Crippen LogP contribution in [-0.4, -0.2) is 69.4 Å². The molecule has 12 heteroatoms. The van der Waals surface area contributed by atoms with Crippen molar-refractivity contribution >= 4 is 29.6 Å². The highest BCUT2D eigenvalue weighted by molar-refractivity contribution is 5.97. The molecule has 208 valence electrons. The van der Waals surface area contributed by atoms with Gasteiger partial charge in [-0.3, -0.25) is 9.59 Å². The fraction of sp³-hybridized carbons (Fsp3) is 0.600. The normalized spacial score (nSPS) is 12.4. The molecule has 5 amide bonds. The molecule has 0 radical (unpaired) electrons. The molecule has 0 saturated heterocycles. The van der Waals surface area contributed by atoms with Gasteiger partial charge in [0.05, 0.1) is 6.04 Å². The Bertz CT molecular complexity index is 849. The highest BCUT2D eigenvalue weighted by Crippen LogP contribution is 2.12. The minimum atomic E-state index is -0.814. The van der Waals surface area contributed by atoms with E-state index in [9.17, 15) is 19.2 Å². The number of carbonyl (C=O) groups is 4. The van der Waals surface area contributed by atoms with Gasteiger partial charge in [-0.05, 0) is 56.8 Å². The van der Waals surface area contributed by atoms with E-state index in [1.165, 1.54) is 0 Å². The van der Waals surface area contributed by atoms with Crippen LogP contribution in [0, 0.1) is 5.92 Å². The highest BCUT2D eigenvalue weighted by Gasteiger charge is 2.26. The second-order valence-corrected chi connectivity index (χ2v) is 8.74. The van der Waals surface area contributed by atoms with Crippen LogP contribution in [0.25, 0.3) is 0 Å². The number of nitrogens with two attached hydrogens (primary N) is 1. The summed E-state index contributed by atoms with van der Waals surface area (Å²) < 4.78 is 10.4. The number of benzene rings is 1. The number of likely N-dealkylation sites (N-methyl/N-ethyl adjacent to an activating group) is 1. The Balaban J connectivity index is 2.65. The second-order valence-electron chi connectivity index (χ2n) is 8.74. The first-order valence-electron chi connectivity index (χ1n) is 12.6. The molecule has 1 aromatic rings. The van der Waals surface area contributed by atoms with Crippen molar-refractivity contribution in [1.29, 1.82) is 0 Å². The monoisotopic (exact) mass is 522 g/mol. The maximum atomic E-state index is 13.0. The van der Waals surface area contributed by atoms with Gasteiger partial charge in [0, 0.05) is 32.0 Å². The molecule has 0 spiro atoms. The SMILES string of the molecule is CCOCCCNC(=O)OCc1ccc(NC(=O)[C@H](CCCNC(N)=O)NC(=O)[C@@H](NC)C(C)C)cc1. The number of carbonyl (C=O) groups excluding carboxylic acids is 4. The number of ether oxygens (including phenoxy) is 2. The third kappa shape index (κ3) is 13.5. The van der Waals surface area contributed by atoms with E-state index in [0.717, 1.165) is 5.56 Å². The molecule has 12 nitrogen and oxygen atoms in total. The summed E-state index contributed by atoms with van der Waals surface area (Å²) >= 11 is 0. The van der Waals surface area contributed by atoms with Gasteiger partial charge in [-0.15, -0.1) is 0 Å². The summed E-state index contributed by atoms with van der Waals surface area (Å²) in [5.74, 6) is -0.650. The van der Waals surface area contributed by atoms with Crippen molar-refractivity contribution in [3.05, 3.63) is 29.8 Å². The topological polar surface area (TPSA) is 173 Å². The third-order valence-electron chi connectivity index (χ3n) is 5.39. The number of hydrogen-bond acceptors (Lipinski definition) is 7. The summed E-state index contributed by atoms with van der Waals surface area (Å²) in [7, 11) is 1.69. The fourth-order valence-corrected chi connectivity index (χ4v) is 3.44. The molecule has 0 aliphatic carbocycles. The Morgan fingerprint density at radius 1 is 0.973 bits per heavy atom.